The Morgan fingerprint density at radius 2 is 1.52 bits per heavy atom. The molecule has 118 valence electrons. The van der Waals surface area contributed by atoms with Crippen molar-refractivity contribution in [2.24, 2.45) is 5.92 Å². The Labute approximate surface area is 129 Å². The van der Waals surface area contributed by atoms with E-state index in [1.54, 1.807) is 7.11 Å². The van der Waals surface area contributed by atoms with Crippen LogP contribution in [0.1, 0.15) is 25.0 Å². The van der Waals surface area contributed by atoms with Crippen LogP contribution in [0.3, 0.4) is 0 Å². The van der Waals surface area contributed by atoms with Crippen LogP contribution in [-0.4, -0.2) is 56.2 Å². The van der Waals surface area contributed by atoms with Gasteiger partial charge in [-0.2, -0.15) is 0 Å². The minimum atomic E-state index is 0.732. The summed E-state index contributed by atoms with van der Waals surface area (Å²) < 4.78 is 5.15. The second-order valence-electron chi connectivity index (χ2n) is 6.53. The van der Waals surface area contributed by atoms with E-state index >= 15 is 0 Å². The van der Waals surface area contributed by atoms with E-state index in [1.807, 2.05) is 0 Å². The van der Waals surface area contributed by atoms with Gasteiger partial charge in [0, 0.05) is 46.4 Å². The summed E-state index contributed by atoms with van der Waals surface area (Å²) in [5.41, 5.74) is 2.89. The molecule has 0 N–H and O–H groups in total. The van der Waals surface area contributed by atoms with Gasteiger partial charge in [-0.15, -0.1) is 0 Å². The number of methoxy groups -OCH3 is 1. The van der Waals surface area contributed by atoms with Gasteiger partial charge in [0.05, 0.1) is 6.61 Å². The van der Waals surface area contributed by atoms with Gasteiger partial charge in [0.15, 0.2) is 0 Å². The minimum absolute atomic E-state index is 0.732. The molecule has 2 rings (SSSR count). The zero-order valence-electron chi connectivity index (χ0n) is 13.8. The first kappa shape index (κ1) is 16.5. The van der Waals surface area contributed by atoms with E-state index < -0.39 is 0 Å². The number of benzene rings is 1. The van der Waals surface area contributed by atoms with Crippen molar-refractivity contribution in [1.29, 1.82) is 0 Å². The quantitative estimate of drug-likeness (QED) is 0.768. The highest BCUT2D eigenvalue weighted by molar-refractivity contribution is 5.22. The highest BCUT2D eigenvalue weighted by Crippen LogP contribution is 2.12. The fourth-order valence-corrected chi connectivity index (χ4v) is 2.90. The zero-order valence-corrected chi connectivity index (χ0v) is 13.8. The lowest BCUT2D eigenvalue weighted by molar-refractivity contribution is 0.0938. The second kappa shape index (κ2) is 8.52. The molecular weight excluding hydrogens is 260 g/mol. The maximum atomic E-state index is 5.15. The maximum absolute atomic E-state index is 5.15. The van der Waals surface area contributed by atoms with Crippen molar-refractivity contribution in [2.45, 2.75) is 26.8 Å². The van der Waals surface area contributed by atoms with E-state index in [0.29, 0.717) is 0 Å². The Kier molecular flexibility index (Phi) is 6.68. The summed E-state index contributed by atoms with van der Waals surface area (Å²) in [7, 11) is 1.78. The number of hydrogen-bond acceptors (Lipinski definition) is 3. The number of nitrogens with zero attached hydrogens (tertiary/aromatic N) is 2. The Bertz CT molecular complexity index is 394. The number of ether oxygens (including phenoxy) is 1. The van der Waals surface area contributed by atoms with Gasteiger partial charge in [0.25, 0.3) is 0 Å². The molecule has 1 aromatic carbocycles. The lowest BCUT2D eigenvalue weighted by Gasteiger charge is -2.34. The van der Waals surface area contributed by atoms with E-state index in [0.717, 1.165) is 51.8 Å². The molecule has 0 spiro atoms. The van der Waals surface area contributed by atoms with E-state index in [1.165, 1.54) is 17.5 Å². The molecule has 0 radical (unpaired) electrons. The molecule has 21 heavy (non-hydrogen) atoms. The van der Waals surface area contributed by atoms with Crippen molar-refractivity contribution in [2.75, 3.05) is 46.4 Å². The fourth-order valence-electron chi connectivity index (χ4n) is 2.90. The van der Waals surface area contributed by atoms with Crippen molar-refractivity contribution in [3.05, 3.63) is 35.4 Å². The van der Waals surface area contributed by atoms with Gasteiger partial charge in [0.2, 0.25) is 0 Å². The molecule has 1 fully saturated rings. The van der Waals surface area contributed by atoms with Gasteiger partial charge in [-0.1, -0.05) is 38.1 Å². The van der Waals surface area contributed by atoms with E-state index in [-0.39, 0.29) is 0 Å². The van der Waals surface area contributed by atoms with Gasteiger partial charge >= 0.3 is 0 Å². The van der Waals surface area contributed by atoms with Crippen LogP contribution in [0.15, 0.2) is 24.3 Å². The summed E-state index contributed by atoms with van der Waals surface area (Å²) in [6.45, 7) is 12.2. The van der Waals surface area contributed by atoms with Crippen molar-refractivity contribution >= 4 is 0 Å². The zero-order chi connectivity index (χ0) is 15.1. The van der Waals surface area contributed by atoms with Crippen LogP contribution in [0.5, 0.6) is 0 Å². The van der Waals surface area contributed by atoms with Crippen LogP contribution in [0.4, 0.5) is 0 Å². The van der Waals surface area contributed by atoms with Crippen LogP contribution in [-0.2, 0) is 17.7 Å². The molecule has 0 unspecified atom stereocenters. The molecule has 1 saturated heterocycles. The molecule has 0 atom stereocenters. The topological polar surface area (TPSA) is 15.7 Å². The summed E-state index contributed by atoms with van der Waals surface area (Å²) in [4.78, 5) is 5.05. The average molecular weight is 290 g/mol. The highest BCUT2D eigenvalue weighted by atomic mass is 16.5. The highest BCUT2D eigenvalue weighted by Gasteiger charge is 2.16. The third kappa shape index (κ3) is 5.77. The van der Waals surface area contributed by atoms with E-state index in [9.17, 15) is 0 Å². The molecule has 1 aliphatic rings. The molecule has 1 heterocycles. The first-order valence-corrected chi connectivity index (χ1v) is 8.19. The van der Waals surface area contributed by atoms with Crippen molar-refractivity contribution in [3.63, 3.8) is 0 Å². The summed E-state index contributed by atoms with van der Waals surface area (Å²) in [5, 5.41) is 0. The molecule has 0 aliphatic carbocycles. The second-order valence-corrected chi connectivity index (χ2v) is 6.53. The standard InChI is InChI=1S/C18H30N2O/c1-16(2)14-17-4-6-18(7-5-17)15-20-10-8-19(9-11-20)12-13-21-3/h4-7,16H,8-15H2,1-3H3. The minimum Gasteiger partial charge on any atom is -0.383 e. The van der Waals surface area contributed by atoms with Crippen LogP contribution in [0, 0.1) is 5.92 Å². The molecule has 3 heteroatoms. The SMILES string of the molecule is COCCN1CCN(Cc2ccc(CC(C)C)cc2)CC1. The van der Waals surface area contributed by atoms with E-state index in [4.69, 9.17) is 4.74 Å². The van der Waals surface area contributed by atoms with Crippen LogP contribution < -0.4 is 0 Å². The fraction of sp³-hybridized carbons (Fsp3) is 0.667. The third-order valence-corrected chi connectivity index (χ3v) is 4.15. The van der Waals surface area contributed by atoms with Crippen molar-refractivity contribution in [1.82, 2.24) is 9.80 Å². The Morgan fingerprint density at radius 1 is 0.952 bits per heavy atom. The van der Waals surface area contributed by atoms with Crippen LogP contribution in [0.2, 0.25) is 0 Å². The molecule has 0 amide bonds. The number of piperazine rings is 1. The smallest absolute Gasteiger partial charge is 0.0589 e. The summed E-state index contributed by atoms with van der Waals surface area (Å²) in [6.07, 6.45) is 1.18. The van der Waals surface area contributed by atoms with Gasteiger partial charge in [-0.25, -0.2) is 0 Å². The van der Waals surface area contributed by atoms with Crippen molar-refractivity contribution in [3.8, 4) is 0 Å². The lowest BCUT2D eigenvalue weighted by Crippen LogP contribution is -2.46. The summed E-state index contributed by atoms with van der Waals surface area (Å²) in [6, 6.07) is 9.19. The molecule has 3 nitrogen and oxygen atoms in total. The number of rotatable bonds is 7. The van der Waals surface area contributed by atoms with Gasteiger partial charge < -0.3 is 4.74 Å². The predicted molar refractivity (Wildman–Crippen MR) is 88.6 cm³/mol. The van der Waals surface area contributed by atoms with Gasteiger partial charge in [-0.3, -0.25) is 9.80 Å². The maximum Gasteiger partial charge on any atom is 0.0589 e. The van der Waals surface area contributed by atoms with Gasteiger partial charge in [-0.05, 0) is 23.5 Å². The lowest BCUT2D eigenvalue weighted by atomic mass is 10.0. The Morgan fingerprint density at radius 3 is 2.10 bits per heavy atom. The van der Waals surface area contributed by atoms with Crippen molar-refractivity contribution < 1.29 is 4.74 Å². The molecule has 1 aliphatic heterocycles. The summed E-state index contributed by atoms with van der Waals surface area (Å²) in [5.74, 6) is 0.732. The Balaban J connectivity index is 1.75. The van der Waals surface area contributed by atoms with Crippen LogP contribution in [0.25, 0.3) is 0 Å². The molecule has 0 saturated carbocycles. The summed E-state index contributed by atoms with van der Waals surface area (Å²) >= 11 is 0. The first-order valence-electron chi connectivity index (χ1n) is 8.19. The monoisotopic (exact) mass is 290 g/mol. The molecule has 1 aromatic rings. The first-order chi connectivity index (χ1) is 10.2. The van der Waals surface area contributed by atoms with Crippen LogP contribution >= 0.6 is 0 Å². The Hall–Kier alpha value is -0.900. The van der Waals surface area contributed by atoms with Gasteiger partial charge in [0.1, 0.15) is 0 Å². The number of hydrogen-bond donors (Lipinski definition) is 0. The average Bonchev–Trinajstić information content (AvgIpc) is 2.48. The predicted octanol–water partition coefficient (Wildman–Crippen LogP) is 2.65. The largest absolute Gasteiger partial charge is 0.383 e. The molecular formula is C18H30N2O. The third-order valence-electron chi connectivity index (χ3n) is 4.15. The molecule has 0 bridgehead atoms. The van der Waals surface area contributed by atoms with E-state index in [2.05, 4.69) is 47.9 Å². The molecule has 0 aromatic heterocycles. The normalized spacial score (nSPS) is 17.5.